The molecule has 3 N–H and O–H groups in total. The number of benzene rings is 4. The lowest BCUT2D eigenvalue weighted by molar-refractivity contribution is 0.0595. The lowest BCUT2D eigenvalue weighted by atomic mass is 10.2. The van der Waals surface area contributed by atoms with Crippen molar-refractivity contribution in [2.45, 2.75) is 26.2 Å². The van der Waals surface area contributed by atoms with Gasteiger partial charge in [0.2, 0.25) is 0 Å². The number of ether oxygens (including phenoxy) is 1. The fourth-order valence-corrected chi connectivity index (χ4v) is 8.23. The monoisotopic (exact) mass is 830 g/mol. The highest BCUT2D eigenvalue weighted by atomic mass is 79.9. The van der Waals surface area contributed by atoms with Gasteiger partial charge in [0.25, 0.3) is 0 Å². The zero-order valence-electron chi connectivity index (χ0n) is 22.5. The molecule has 2 heterocycles. The Kier molecular flexibility index (Phi) is 11.3. The largest absolute Gasteiger partial charge is 0.464 e. The van der Waals surface area contributed by atoms with Crippen molar-refractivity contribution in [1.82, 2.24) is 9.97 Å². The standard InChI is InChI=1S/C16H10BrCl2NO2S.C15H10BrCl2NOS/c1-22-16(21)15-7-10-11(17)4-9(6-14(10)20-15)23-8-2-3-12(18)13(19)5-8;16-12-4-10(6-15-11(12)3-8(7-20)19-15)21-9-1-2-13(17)14(18)5-9/h2-7,20H,1H3;1-6,19-20H,7H2. The maximum absolute atomic E-state index is 11.6. The third-order valence-electron chi connectivity index (χ3n) is 6.21. The summed E-state index contributed by atoms with van der Waals surface area (Å²) < 4.78 is 6.62. The number of aromatic nitrogens is 2. The summed E-state index contributed by atoms with van der Waals surface area (Å²) in [5, 5.41) is 13.3. The number of carbonyl (C=O) groups is 1. The van der Waals surface area contributed by atoms with Crippen molar-refractivity contribution < 1.29 is 14.6 Å². The minimum atomic E-state index is -0.396. The molecule has 5 nitrogen and oxygen atoms in total. The minimum absolute atomic E-state index is 0.00358. The molecule has 0 unspecified atom stereocenters. The molecule has 6 rings (SSSR count). The number of H-pyrrole nitrogens is 2. The molecule has 0 bridgehead atoms. The smallest absolute Gasteiger partial charge is 0.354 e. The summed E-state index contributed by atoms with van der Waals surface area (Å²) in [5.74, 6) is -0.396. The molecule has 226 valence electrons. The fourth-order valence-electron chi connectivity index (χ4n) is 4.17. The Labute approximate surface area is 298 Å². The third-order valence-corrected chi connectivity index (χ3v) is 10.9. The van der Waals surface area contributed by atoms with Crippen LogP contribution in [0.3, 0.4) is 0 Å². The first-order chi connectivity index (χ1) is 21.0. The lowest BCUT2D eigenvalue weighted by Crippen LogP contribution is -2.00. The number of methoxy groups -OCH3 is 1. The average molecular weight is 834 g/mol. The summed E-state index contributed by atoms with van der Waals surface area (Å²) in [6.07, 6.45) is 0. The molecular weight excluding hydrogens is 814 g/mol. The fraction of sp³-hybridized carbons (Fsp3) is 0.0645. The van der Waals surface area contributed by atoms with E-state index in [9.17, 15) is 9.90 Å². The van der Waals surface area contributed by atoms with E-state index in [2.05, 4.69) is 41.8 Å². The molecule has 13 heteroatoms. The van der Waals surface area contributed by atoms with E-state index in [1.807, 2.05) is 54.6 Å². The molecule has 0 amide bonds. The summed E-state index contributed by atoms with van der Waals surface area (Å²) in [5.41, 5.74) is 3.04. The number of hydrogen-bond acceptors (Lipinski definition) is 5. The Morgan fingerprint density at radius 1 is 0.705 bits per heavy atom. The highest BCUT2D eigenvalue weighted by Crippen LogP contribution is 2.38. The SMILES string of the molecule is COC(=O)c1cc2c(Br)cc(Sc3ccc(Cl)c(Cl)c3)cc2[nH]1.OCc1cc2c(Br)cc(Sc3ccc(Cl)c(Cl)c3)cc2[nH]1. The van der Waals surface area contributed by atoms with E-state index < -0.39 is 5.97 Å². The van der Waals surface area contributed by atoms with Crippen molar-refractivity contribution in [3.8, 4) is 0 Å². The number of halogens is 6. The van der Waals surface area contributed by atoms with Crippen molar-refractivity contribution in [1.29, 1.82) is 0 Å². The van der Waals surface area contributed by atoms with E-state index in [1.54, 1.807) is 41.7 Å². The first-order valence-electron chi connectivity index (χ1n) is 12.6. The van der Waals surface area contributed by atoms with E-state index in [1.165, 1.54) is 7.11 Å². The number of carbonyl (C=O) groups excluding carboxylic acids is 1. The van der Waals surface area contributed by atoms with Crippen molar-refractivity contribution in [3.05, 3.63) is 113 Å². The lowest BCUT2D eigenvalue weighted by Gasteiger charge is -2.05. The Morgan fingerprint density at radius 2 is 1.20 bits per heavy atom. The number of rotatable bonds is 6. The molecule has 0 atom stereocenters. The number of hydrogen-bond donors (Lipinski definition) is 3. The number of fused-ring (bicyclic) bond motifs is 2. The highest BCUT2D eigenvalue weighted by Gasteiger charge is 2.13. The molecule has 0 saturated heterocycles. The van der Waals surface area contributed by atoms with Crippen LogP contribution < -0.4 is 0 Å². The van der Waals surface area contributed by atoms with Crippen LogP contribution in [0.2, 0.25) is 20.1 Å². The number of aliphatic hydroxyl groups excluding tert-OH is 1. The molecule has 0 aliphatic carbocycles. The maximum Gasteiger partial charge on any atom is 0.354 e. The minimum Gasteiger partial charge on any atom is -0.464 e. The molecule has 0 aliphatic rings. The van der Waals surface area contributed by atoms with Crippen LogP contribution in [0.4, 0.5) is 0 Å². The van der Waals surface area contributed by atoms with Crippen LogP contribution in [0.25, 0.3) is 21.8 Å². The topological polar surface area (TPSA) is 78.1 Å². The molecule has 0 saturated carbocycles. The summed E-state index contributed by atoms with van der Waals surface area (Å²) in [6, 6.07) is 22.8. The molecule has 0 spiro atoms. The van der Waals surface area contributed by atoms with Gasteiger partial charge < -0.3 is 19.8 Å². The number of esters is 1. The molecule has 4 aromatic carbocycles. The van der Waals surface area contributed by atoms with Crippen LogP contribution in [0.5, 0.6) is 0 Å². The predicted molar refractivity (Wildman–Crippen MR) is 190 cm³/mol. The molecular formula is C31H20Br2Cl4N2O3S2. The van der Waals surface area contributed by atoms with Gasteiger partial charge in [-0.1, -0.05) is 102 Å². The van der Waals surface area contributed by atoms with E-state index in [4.69, 9.17) is 51.1 Å². The summed E-state index contributed by atoms with van der Waals surface area (Å²) in [4.78, 5) is 22.0. The second-order valence-corrected chi connectivity index (χ2v) is 14.8. The van der Waals surface area contributed by atoms with E-state index in [-0.39, 0.29) is 6.61 Å². The summed E-state index contributed by atoms with van der Waals surface area (Å²) in [6.45, 7) is -0.00358. The Bertz CT molecular complexity index is 2020. The summed E-state index contributed by atoms with van der Waals surface area (Å²) >= 11 is 34.2. The average Bonchev–Trinajstić information content (AvgIpc) is 3.62. The molecule has 44 heavy (non-hydrogen) atoms. The molecule has 2 aromatic heterocycles. The maximum atomic E-state index is 11.6. The van der Waals surface area contributed by atoms with Gasteiger partial charge in [-0.25, -0.2) is 4.79 Å². The quantitative estimate of drug-likeness (QED) is 0.146. The van der Waals surface area contributed by atoms with Gasteiger partial charge in [0.1, 0.15) is 5.69 Å². The first-order valence-corrected chi connectivity index (χ1v) is 17.4. The van der Waals surface area contributed by atoms with Gasteiger partial charge >= 0.3 is 5.97 Å². The molecule has 0 radical (unpaired) electrons. The van der Waals surface area contributed by atoms with Crippen molar-refractivity contribution in [3.63, 3.8) is 0 Å². The van der Waals surface area contributed by atoms with Gasteiger partial charge in [0.15, 0.2) is 0 Å². The number of aromatic amines is 2. The van der Waals surface area contributed by atoms with E-state index in [0.29, 0.717) is 25.8 Å². The zero-order valence-corrected chi connectivity index (χ0v) is 30.3. The van der Waals surface area contributed by atoms with E-state index >= 15 is 0 Å². The molecule has 0 aliphatic heterocycles. The van der Waals surface area contributed by atoms with Gasteiger partial charge in [-0.05, 0) is 72.8 Å². The van der Waals surface area contributed by atoms with Gasteiger partial charge in [-0.2, -0.15) is 0 Å². The number of aliphatic hydroxyl groups is 1. The van der Waals surface area contributed by atoms with Crippen molar-refractivity contribution in [2.75, 3.05) is 7.11 Å². The van der Waals surface area contributed by atoms with Gasteiger partial charge in [0, 0.05) is 56.0 Å². The second kappa shape index (κ2) is 14.8. The third kappa shape index (κ3) is 7.94. The Hall–Kier alpha value is -1.79. The molecule has 6 aromatic rings. The van der Waals surface area contributed by atoms with E-state index in [0.717, 1.165) is 56.0 Å². The van der Waals surface area contributed by atoms with Crippen LogP contribution in [0.15, 0.2) is 101 Å². The normalized spacial score (nSPS) is 11.1. The van der Waals surface area contributed by atoms with Crippen LogP contribution >= 0.6 is 102 Å². The molecule has 0 fully saturated rings. The van der Waals surface area contributed by atoms with Gasteiger partial charge in [0.05, 0.1) is 33.8 Å². The first kappa shape index (κ1) is 33.6. The second-order valence-electron chi connectivity index (χ2n) is 9.22. The van der Waals surface area contributed by atoms with Crippen LogP contribution in [0.1, 0.15) is 16.2 Å². The summed E-state index contributed by atoms with van der Waals surface area (Å²) in [7, 11) is 1.36. The van der Waals surface area contributed by atoms with Gasteiger partial charge in [-0.15, -0.1) is 0 Å². The predicted octanol–water partition coefficient (Wildman–Crippen LogP) is 12.1. The zero-order chi connectivity index (χ0) is 31.5. The van der Waals surface area contributed by atoms with Gasteiger partial charge in [-0.3, -0.25) is 0 Å². The highest BCUT2D eigenvalue weighted by molar-refractivity contribution is 9.11. The Balaban J connectivity index is 0.000000175. The van der Waals surface area contributed by atoms with Crippen molar-refractivity contribution >= 4 is 130 Å². The van der Waals surface area contributed by atoms with Crippen LogP contribution in [-0.2, 0) is 11.3 Å². The van der Waals surface area contributed by atoms with Crippen molar-refractivity contribution in [2.24, 2.45) is 0 Å². The Morgan fingerprint density at radius 3 is 1.68 bits per heavy atom. The van der Waals surface area contributed by atoms with Crippen LogP contribution in [0, 0.1) is 0 Å². The number of nitrogens with one attached hydrogen (secondary N) is 2. The van der Waals surface area contributed by atoms with Crippen LogP contribution in [-0.4, -0.2) is 28.2 Å².